The van der Waals surface area contributed by atoms with Crippen LogP contribution >= 0.6 is 0 Å². The molecule has 22 heavy (non-hydrogen) atoms. The number of allylic oxidation sites excluding steroid dienone is 1. The van der Waals surface area contributed by atoms with Gasteiger partial charge in [-0.25, -0.2) is 0 Å². The molecule has 1 aliphatic carbocycles. The average molecular weight is 304 g/mol. The molecule has 0 atom stereocenters. The molecule has 0 spiro atoms. The van der Waals surface area contributed by atoms with E-state index in [1.165, 1.54) is 0 Å². The predicted octanol–water partition coefficient (Wildman–Crippen LogP) is 3.66. The maximum atomic E-state index is 12.3. The summed E-state index contributed by atoms with van der Waals surface area (Å²) in [6, 6.07) is 1.93. The van der Waals surface area contributed by atoms with E-state index in [1.54, 1.807) is 21.3 Å². The highest BCUT2D eigenvalue weighted by molar-refractivity contribution is 6.01. The third-order valence-electron chi connectivity index (χ3n) is 4.01. The number of rotatable bonds is 5. The van der Waals surface area contributed by atoms with Crippen LogP contribution in [0, 0.1) is 5.92 Å². The molecule has 4 nitrogen and oxygen atoms in total. The number of hydrogen-bond acceptors (Lipinski definition) is 4. The lowest BCUT2D eigenvalue weighted by Gasteiger charge is -2.17. The number of Topliss-reactive ketones (excluding diaryl/α,β-unsaturated/α-hetero) is 1. The normalized spacial score (nSPS) is 14.0. The molecule has 0 aromatic heterocycles. The zero-order valence-corrected chi connectivity index (χ0v) is 14.0. The number of benzene rings is 1. The van der Waals surface area contributed by atoms with Crippen molar-refractivity contribution in [2.24, 2.45) is 5.92 Å². The van der Waals surface area contributed by atoms with Crippen LogP contribution in [-0.2, 0) is 11.2 Å². The molecule has 0 amide bonds. The van der Waals surface area contributed by atoms with Gasteiger partial charge in [-0.15, -0.1) is 0 Å². The highest BCUT2D eigenvalue weighted by Gasteiger charge is 2.23. The van der Waals surface area contributed by atoms with Gasteiger partial charge in [-0.3, -0.25) is 4.79 Å². The summed E-state index contributed by atoms with van der Waals surface area (Å²) in [6.45, 7) is 3.87. The van der Waals surface area contributed by atoms with Crippen LogP contribution in [0.25, 0.3) is 6.08 Å². The van der Waals surface area contributed by atoms with Crippen LogP contribution in [-0.4, -0.2) is 27.1 Å². The van der Waals surface area contributed by atoms with Crippen molar-refractivity contribution < 1.29 is 19.0 Å². The fraction of sp³-hybridized carbons (Fsp3) is 0.500. The molecular weight excluding hydrogens is 280 g/mol. The van der Waals surface area contributed by atoms with Crippen molar-refractivity contribution in [1.29, 1.82) is 0 Å². The van der Waals surface area contributed by atoms with E-state index in [0.717, 1.165) is 36.0 Å². The Morgan fingerprint density at radius 2 is 1.73 bits per heavy atom. The first kappa shape index (κ1) is 16.4. The molecule has 0 aliphatic heterocycles. The maximum Gasteiger partial charge on any atom is 0.203 e. The first-order valence-corrected chi connectivity index (χ1v) is 7.60. The standard InChI is InChI=1S/C18H24O4/c1-11(2)16(19)12-7-6-8-14-13(9-12)10-15(20-3)18(22-5)17(14)21-4/h9-11H,6-8H2,1-5H3. The first-order valence-electron chi connectivity index (χ1n) is 7.60. The van der Waals surface area contributed by atoms with Gasteiger partial charge in [-0.2, -0.15) is 0 Å². The van der Waals surface area contributed by atoms with Crippen molar-refractivity contribution >= 4 is 11.9 Å². The van der Waals surface area contributed by atoms with E-state index in [-0.39, 0.29) is 11.7 Å². The van der Waals surface area contributed by atoms with Gasteiger partial charge in [0.1, 0.15) is 0 Å². The largest absolute Gasteiger partial charge is 0.493 e. The number of ketones is 1. The third kappa shape index (κ3) is 2.96. The van der Waals surface area contributed by atoms with E-state index in [9.17, 15) is 4.79 Å². The van der Waals surface area contributed by atoms with Crippen molar-refractivity contribution in [3.8, 4) is 17.2 Å². The predicted molar refractivity (Wildman–Crippen MR) is 86.9 cm³/mol. The van der Waals surface area contributed by atoms with E-state index >= 15 is 0 Å². The molecular formula is C18H24O4. The first-order chi connectivity index (χ1) is 10.5. The van der Waals surface area contributed by atoms with Gasteiger partial charge in [-0.05, 0) is 42.5 Å². The lowest BCUT2D eigenvalue weighted by Crippen LogP contribution is -2.09. The number of fused-ring (bicyclic) bond motifs is 1. The van der Waals surface area contributed by atoms with Gasteiger partial charge in [0, 0.05) is 11.5 Å². The second-order valence-electron chi connectivity index (χ2n) is 5.76. The summed E-state index contributed by atoms with van der Waals surface area (Å²) in [5.41, 5.74) is 2.94. The molecule has 0 heterocycles. The van der Waals surface area contributed by atoms with Crippen molar-refractivity contribution in [2.45, 2.75) is 33.1 Å². The number of carbonyl (C=O) groups is 1. The smallest absolute Gasteiger partial charge is 0.203 e. The van der Waals surface area contributed by atoms with Crippen LogP contribution in [0.5, 0.6) is 17.2 Å². The summed E-state index contributed by atoms with van der Waals surface area (Å²) < 4.78 is 16.4. The Bertz CT molecular complexity index is 600. The van der Waals surface area contributed by atoms with E-state index in [2.05, 4.69) is 0 Å². The molecule has 0 radical (unpaired) electrons. The molecule has 0 N–H and O–H groups in total. The van der Waals surface area contributed by atoms with Gasteiger partial charge in [0.15, 0.2) is 17.3 Å². The highest BCUT2D eigenvalue weighted by Crippen LogP contribution is 2.44. The molecule has 2 rings (SSSR count). The van der Waals surface area contributed by atoms with Gasteiger partial charge in [0.05, 0.1) is 21.3 Å². The molecule has 0 unspecified atom stereocenters. The Kier molecular flexibility index (Phi) is 5.11. The minimum Gasteiger partial charge on any atom is -0.493 e. The highest BCUT2D eigenvalue weighted by atomic mass is 16.5. The number of methoxy groups -OCH3 is 3. The zero-order valence-electron chi connectivity index (χ0n) is 14.0. The quantitative estimate of drug-likeness (QED) is 0.833. The monoisotopic (exact) mass is 304 g/mol. The second-order valence-corrected chi connectivity index (χ2v) is 5.76. The molecule has 120 valence electrons. The lowest BCUT2D eigenvalue weighted by molar-refractivity contribution is -0.118. The number of carbonyl (C=O) groups excluding carboxylic acids is 1. The average Bonchev–Trinajstić information content (AvgIpc) is 2.73. The van der Waals surface area contributed by atoms with Crippen LogP contribution in [0.3, 0.4) is 0 Å². The molecule has 0 saturated heterocycles. The molecule has 1 aliphatic rings. The molecule has 1 aromatic rings. The summed E-state index contributed by atoms with van der Waals surface area (Å²) in [6.07, 6.45) is 4.54. The van der Waals surface area contributed by atoms with Crippen LogP contribution in [0.1, 0.15) is 37.8 Å². The zero-order chi connectivity index (χ0) is 16.3. The molecule has 0 fully saturated rings. The fourth-order valence-electron chi connectivity index (χ4n) is 2.90. The van der Waals surface area contributed by atoms with Crippen LogP contribution in [0.2, 0.25) is 0 Å². The van der Waals surface area contributed by atoms with Gasteiger partial charge in [-0.1, -0.05) is 13.8 Å². The maximum absolute atomic E-state index is 12.3. The summed E-state index contributed by atoms with van der Waals surface area (Å²) >= 11 is 0. The topological polar surface area (TPSA) is 44.8 Å². The minimum absolute atomic E-state index is 0.00911. The summed E-state index contributed by atoms with van der Waals surface area (Å²) in [5, 5.41) is 0. The SMILES string of the molecule is COc1cc2c(c(OC)c1OC)CCCC(C(=O)C(C)C)=C2. The van der Waals surface area contributed by atoms with Gasteiger partial charge >= 0.3 is 0 Å². The van der Waals surface area contributed by atoms with E-state index in [1.807, 2.05) is 26.0 Å². The lowest BCUT2D eigenvalue weighted by atomic mass is 9.97. The van der Waals surface area contributed by atoms with Crippen molar-refractivity contribution in [3.05, 3.63) is 22.8 Å². The molecule has 0 bridgehead atoms. The Morgan fingerprint density at radius 1 is 1.05 bits per heavy atom. The minimum atomic E-state index is 0.00911. The Balaban J connectivity index is 2.61. The summed E-state index contributed by atoms with van der Waals surface area (Å²) in [7, 11) is 4.84. The second kappa shape index (κ2) is 6.86. The van der Waals surface area contributed by atoms with Crippen LogP contribution < -0.4 is 14.2 Å². The van der Waals surface area contributed by atoms with Gasteiger partial charge in [0.2, 0.25) is 5.75 Å². The third-order valence-corrected chi connectivity index (χ3v) is 4.01. The molecule has 1 aromatic carbocycles. The van der Waals surface area contributed by atoms with Gasteiger partial charge in [0.25, 0.3) is 0 Å². The summed E-state index contributed by atoms with van der Waals surface area (Å²) in [4.78, 5) is 12.3. The van der Waals surface area contributed by atoms with E-state index < -0.39 is 0 Å². The Hall–Kier alpha value is -1.97. The van der Waals surface area contributed by atoms with Crippen molar-refractivity contribution in [3.63, 3.8) is 0 Å². The van der Waals surface area contributed by atoms with Crippen molar-refractivity contribution in [1.82, 2.24) is 0 Å². The molecule has 4 heteroatoms. The van der Waals surface area contributed by atoms with Gasteiger partial charge < -0.3 is 14.2 Å². The summed E-state index contributed by atoms with van der Waals surface area (Å²) in [5.74, 6) is 2.14. The number of hydrogen-bond donors (Lipinski definition) is 0. The Morgan fingerprint density at radius 3 is 2.27 bits per heavy atom. The molecule has 0 saturated carbocycles. The van der Waals surface area contributed by atoms with E-state index in [4.69, 9.17) is 14.2 Å². The number of ether oxygens (including phenoxy) is 3. The Labute approximate surface area is 132 Å². The van der Waals surface area contributed by atoms with Crippen LogP contribution in [0.15, 0.2) is 11.6 Å². The van der Waals surface area contributed by atoms with Crippen LogP contribution in [0.4, 0.5) is 0 Å². The fourth-order valence-corrected chi connectivity index (χ4v) is 2.90. The van der Waals surface area contributed by atoms with Crippen molar-refractivity contribution in [2.75, 3.05) is 21.3 Å². The van der Waals surface area contributed by atoms with E-state index in [0.29, 0.717) is 17.2 Å².